The van der Waals surface area contributed by atoms with E-state index < -0.39 is 29.9 Å². The number of sulfonamides is 2. The number of non-ortho nitro benzene ring substituents is 2. The van der Waals surface area contributed by atoms with Crippen LogP contribution in [0.1, 0.15) is 0 Å². The van der Waals surface area contributed by atoms with Crippen LogP contribution in [-0.4, -0.2) is 26.7 Å². The van der Waals surface area contributed by atoms with Crippen molar-refractivity contribution in [1.82, 2.24) is 0 Å². The van der Waals surface area contributed by atoms with Crippen LogP contribution in [0.3, 0.4) is 0 Å². The summed E-state index contributed by atoms with van der Waals surface area (Å²) >= 11 is 0. The molecule has 0 aliphatic heterocycles. The summed E-state index contributed by atoms with van der Waals surface area (Å²) in [6.45, 7) is 0. The molecule has 15 heteroatoms. The summed E-state index contributed by atoms with van der Waals surface area (Å²) in [7, 11) is -8.37. The third-order valence-corrected chi connectivity index (χ3v) is 8.41. The Morgan fingerprint density at radius 2 is 1.00 bits per heavy atom. The number of benzene rings is 4. The van der Waals surface area contributed by atoms with Gasteiger partial charge in [0.05, 0.1) is 31.0 Å². The molecule has 2 N–H and O–H groups in total. The van der Waals surface area contributed by atoms with Crippen LogP contribution < -0.4 is 9.44 Å². The van der Waals surface area contributed by atoms with E-state index in [2.05, 4.69) is 9.44 Å². The quantitative estimate of drug-likeness (QED) is 0.191. The second kappa shape index (κ2) is 9.38. The lowest BCUT2D eigenvalue weighted by atomic mass is 10.1. The third kappa shape index (κ3) is 5.07. The van der Waals surface area contributed by atoms with Crippen LogP contribution >= 0.6 is 0 Å². The number of fused-ring (bicyclic) bond motifs is 3. The van der Waals surface area contributed by atoms with Crippen molar-refractivity contribution in [2.24, 2.45) is 0 Å². The number of rotatable bonds is 8. The van der Waals surface area contributed by atoms with Crippen LogP contribution in [0.2, 0.25) is 0 Å². The zero-order chi connectivity index (χ0) is 27.9. The Balaban J connectivity index is 1.52. The summed E-state index contributed by atoms with van der Waals surface area (Å²) in [5.41, 5.74) is -0.0252. The van der Waals surface area contributed by atoms with Crippen LogP contribution in [-0.2, 0) is 20.0 Å². The van der Waals surface area contributed by atoms with Gasteiger partial charge in [-0.15, -0.1) is 0 Å². The molecule has 0 saturated carbocycles. The van der Waals surface area contributed by atoms with Crippen LogP contribution in [0, 0.1) is 20.2 Å². The Hall–Kier alpha value is -5.02. The van der Waals surface area contributed by atoms with Gasteiger partial charge >= 0.3 is 0 Å². The minimum absolute atomic E-state index is 0.0121. The first-order chi connectivity index (χ1) is 18.4. The van der Waals surface area contributed by atoms with Crippen molar-refractivity contribution < 1.29 is 31.1 Å². The van der Waals surface area contributed by atoms with Crippen molar-refractivity contribution in [2.45, 2.75) is 9.79 Å². The maximum absolute atomic E-state index is 13.0. The van der Waals surface area contributed by atoms with E-state index >= 15 is 0 Å². The van der Waals surface area contributed by atoms with Gasteiger partial charge in [0.15, 0.2) is 0 Å². The molecule has 5 rings (SSSR count). The van der Waals surface area contributed by atoms with Crippen molar-refractivity contribution in [3.8, 4) is 0 Å². The molecular formula is C24H16N4O9S2. The average molecular weight is 569 g/mol. The fraction of sp³-hybridized carbons (Fsp3) is 0. The normalized spacial score (nSPS) is 11.9. The van der Waals surface area contributed by atoms with Crippen LogP contribution in [0.4, 0.5) is 22.7 Å². The van der Waals surface area contributed by atoms with Crippen molar-refractivity contribution in [3.05, 3.63) is 105 Å². The minimum Gasteiger partial charge on any atom is -0.456 e. The van der Waals surface area contributed by atoms with Gasteiger partial charge in [0.2, 0.25) is 0 Å². The lowest BCUT2D eigenvalue weighted by molar-refractivity contribution is -0.385. The summed E-state index contributed by atoms with van der Waals surface area (Å²) in [6.07, 6.45) is 0. The van der Waals surface area contributed by atoms with Crippen LogP contribution in [0.15, 0.2) is 99.1 Å². The topological polar surface area (TPSA) is 192 Å². The smallest absolute Gasteiger partial charge is 0.271 e. The summed E-state index contributed by atoms with van der Waals surface area (Å²) in [5, 5.41) is 22.6. The average Bonchev–Trinajstić information content (AvgIpc) is 3.26. The van der Waals surface area contributed by atoms with Gasteiger partial charge in [-0.3, -0.25) is 29.7 Å². The van der Waals surface area contributed by atoms with E-state index in [0.29, 0.717) is 21.9 Å². The highest BCUT2D eigenvalue weighted by Gasteiger charge is 2.21. The molecule has 0 saturated heterocycles. The van der Waals surface area contributed by atoms with Gasteiger partial charge in [0.1, 0.15) is 11.2 Å². The molecule has 4 aromatic carbocycles. The third-order valence-electron chi connectivity index (χ3n) is 5.65. The number of hydrogen-bond donors (Lipinski definition) is 2. The van der Waals surface area contributed by atoms with Crippen LogP contribution in [0.25, 0.3) is 21.9 Å². The van der Waals surface area contributed by atoms with E-state index in [1.165, 1.54) is 72.8 Å². The standard InChI is InChI=1S/C24H16N4O9S2/c29-27(30)17-5-1-3-15(11-17)25-38(33,34)19-7-9-23-21(13-19)22-14-20(8-10-24(22)37-23)39(35,36)26-16-4-2-6-18(12-16)28(31)32/h1-14,25-26H. The Morgan fingerprint density at radius 1 is 0.590 bits per heavy atom. The zero-order valence-corrected chi connectivity index (χ0v) is 21.1. The molecular weight excluding hydrogens is 552 g/mol. The highest BCUT2D eigenvalue weighted by Crippen LogP contribution is 2.33. The van der Waals surface area contributed by atoms with E-state index in [9.17, 15) is 37.1 Å². The molecule has 0 fully saturated rings. The van der Waals surface area contributed by atoms with E-state index in [-0.39, 0.29) is 32.5 Å². The number of anilines is 2. The van der Waals surface area contributed by atoms with Crippen molar-refractivity contribution >= 4 is 64.7 Å². The minimum atomic E-state index is -4.18. The van der Waals surface area contributed by atoms with E-state index in [1.807, 2.05) is 0 Å². The largest absolute Gasteiger partial charge is 0.456 e. The first-order valence-electron chi connectivity index (χ1n) is 10.9. The second-order valence-corrected chi connectivity index (χ2v) is 11.6. The van der Waals surface area contributed by atoms with Gasteiger partial charge in [-0.2, -0.15) is 0 Å². The molecule has 1 aromatic heterocycles. The van der Waals surface area contributed by atoms with Gasteiger partial charge in [0.25, 0.3) is 31.4 Å². The number of nitro benzene ring substituents is 2. The monoisotopic (exact) mass is 568 g/mol. The molecule has 0 bridgehead atoms. The predicted molar refractivity (Wildman–Crippen MR) is 142 cm³/mol. The lowest BCUT2D eigenvalue weighted by Crippen LogP contribution is -2.13. The Bertz CT molecular complexity index is 1880. The molecule has 0 aliphatic carbocycles. The molecule has 0 amide bonds. The zero-order valence-electron chi connectivity index (χ0n) is 19.5. The SMILES string of the molecule is O=[N+]([O-])c1cccc(NS(=O)(=O)c2ccc3oc4ccc(S(=O)(=O)Nc5cccc([N+](=O)[O-])c5)cc4c3c2)c1. The van der Waals surface area contributed by atoms with Gasteiger partial charge in [-0.05, 0) is 48.5 Å². The van der Waals surface area contributed by atoms with Gasteiger partial charge in [-0.25, -0.2) is 16.8 Å². The van der Waals surface area contributed by atoms with Gasteiger partial charge in [0, 0.05) is 35.0 Å². The second-order valence-electron chi connectivity index (χ2n) is 8.24. The Kier molecular flexibility index (Phi) is 6.16. The summed E-state index contributed by atoms with van der Waals surface area (Å²) < 4.78 is 62.4. The van der Waals surface area contributed by atoms with E-state index in [1.54, 1.807) is 0 Å². The number of hydrogen-bond acceptors (Lipinski definition) is 9. The summed E-state index contributed by atoms with van der Waals surface area (Å²) in [5.74, 6) is 0. The maximum Gasteiger partial charge on any atom is 0.271 e. The Morgan fingerprint density at radius 3 is 1.38 bits per heavy atom. The number of furan rings is 1. The number of nitrogens with zero attached hydrogens (tertiary/aromatic N) is 2. The molecule has 13 nitrogen and oxygen atoms in total. The molecule has 0 aliphatic rings. The molecule has 1 heterocycles. The molecule has 0 radical (unpaired) electrons. The highest BCUT2D eigenvalue weighted by molar-refractivity contribution is 7.93. The molecule has 0 atom stereocenters. The predicted octanol–water partition coefficient (Wildman–Crippen LogP) is 5.00. The molecule has 0 unspecified atom stereocenters. The van der Waals surface area contributed by atoms with E-state index in [0.717, 1.165) is 12.1 Å². The van der Waals surface area contributed by atoms with E-state index in [4.69, 9.17) is 4.42 Å². The van der Waals surface area contributed by atoms with Crippen LogP contribution in [0.5, 0.6) is 0 Å². The number of nitrogens with one attached hydrogen (secondary N) is 2. The Labute approximate surface area is 220 Å². The number of nitro groups is 2. The van der Waals surface area contributed by atoms with Gasteiger partial charge in [-0.1, -0.05) is 12.1 Å². The van der Waals surface area contributed by atoms with Crippen molar-refractivity contribution in [2.75, 3.05) is 9.44 Å². The maximum atomic E-state index is 13.0. The fourth-order valence-corrected chi connectivity index (χ4v) is 6.01. The molecule has 39 heavy (non-hydrogen) atoms. The first kappa shape index (κ1) is 25.6. The highest BCUT2D eigenvalue weighted by atomic mass is 32.2. The van der Waals surface area contributed by atoms with Crippen molar-refractivity contribution in [3.63, 3.8) is 0 Å². The summed E-state index contributed by atoms with van der Waals surface area (Å²) in [4.78, 5) is 20.4. The first-order valence-corrected chi connectivity index (χ1v) is 13.9. The molecule has 198 valence electrons. The van der Waals surface area contributed by atoms with Gasteiger partial charge < -0.3 is 4.42 Å². The molecule has 5 aromatic rings. The summed E-state index contributed by atoms with van der Waals surface area (Å²) in [6, 6.07) is 18.0. The fourth-order valence-electron chi connectivity index (χ4n) is 3.86. The van der Waals surface area contributed by atoms with Crippen molar-refractivity contribution in [1.29, 1.82) is 0 Å². The lowest BCUT2D eigenvalue weighted by Gasteiger charge is -2.09. The molecule has 0 spiro atoms.